The van der Waals surface area contributed by atoms with Crippen molar-refractivity contribution in [2.75, 3.05) is 9.80 Å². The van der Waals surface area contributed by atoms with Gasteiger partial charge in [-0.05, 0) is 119 Å². The molecule has 56 heavy (non-hydrogen) atoms. The van der Waals surface area contributed by atoms with Gasteiger partial charge in [0.2, 0.25) is 0 Å². The quantitative estimate of drug-likeness (QED) is 0.123. The minimum absolute atomic E-state index is 1.11. The van der Waals surface area contributed by atoms with E-state index in [0.29, 0.717) is 0 Å². The lowest BCUT2D eigenvalue weighted by Crippen LogP contribution is -2.11. The van der Waals surface area contributed by atoms with Crippen molar-refractivity contribution in [3.8, 4) is 11.1 Å². The summed E-state index contributed by atoms with van der Waals surface area (Å²) in [6, 6.07) is 73.4. The van der Waals surface area contributed by atoms with Gasteiger partial charge in [-0.1, -0.05) is 170 Å². The highest BCUT2D eigenvalue weighted by atomic mass is 15.1. The number of rotatable bonds is 11. The lowest BCUT2D eigenvalue weighted by atomic mass is 10.0. The Morgan fingerprint density at radius 3 is 0.857 bits per heavy atom. The Labute approximate surface area is 331 Å². The molecule has 0 unspecified atom stereocenters. The number of nitrogens with zero attached hydrogens (tertiary/aromatic N) is 2. The van der Waals surface area contributed by atoms with E-state index in [1.54, 1.807) is 0 Å². The Hall–Kier alpha value is -7.16. The molecule has 0 aliphatic carbocycles. The Kier molecular flexibility index (Phi) is 10.8. The molecule has 8 aromatic carbocycles. The van der Waals surface area contributed by atoms with Gasteiger partial charge in [0.25, 0.3) is 0 Å². The van der Waals surface area contributed by atoms with Crippen LogP contribution in [0.15, 0.2) is 206 Å². The molecule has 0 heterocycles. The molecule has 0 fully saturated rings. The van der Waals surface area contributed by atoms with Crippen LogP contribution in [0, 0.1) is 13.8 Å². The van der Waals surface area contributed by atoms with Crippen LogP contribution in [0.3, 0.4) is 0 Å². The molecule has 8 aromatic rings. The fraction of sp³-hybridized carbons (Fsp3) is 0.0370. The average Bonchev–Trinajstić information content (AvgIpc) is 3.26. The van der Waals surface area contributed by atoms with Crippen LogP contribution in [-0.4, -0.2) is 0 Å². The van der Waals surface area contributed by atoms with E-state index in [1.807, 2.05) is 12.1 Å². The predicted molar refractivity (Wildman–Crippen MR) is 241 cm³/mol. The first-order valence-electron chi connectivity index (χ1n) is 19.2. The molecule has 0 spiro atoms. The molecule has 2 heteroatoms. The van der Waals surface area contributed by atoms with Crippen molar-refractivity contribution in [2.45, 2.75) is 13.8 Å². The molecule has 0 aliphatic rings. The Bertz CT molecular complexity index is 2370. The summed E-state index contributed by atoms with van der Waals surface area (Å²) in [5.74, 6) is 0. The fourth-order valence-corrected chi connectivity index (χ4v) is 7.07. The topological polar surface area (TPSA) is 6.48 Å². The summed E-state index contributed by atoms with van der Waals surface area (Å²) in [7, 11) is 0. The number of aryl methyl sites for hydroxylation is 2. The summed E-state index contributed by atoms with van der Waals surface area (Å²) in [4.78, 5) is 4.69. The minimum Gasteiger partial charge on any atom is -0.310 e. The Morgan fingerprint density at radius 2 is 0.536 bits per heavy atom. The largest absolute Gasteiger partial charge is 0.310 e. The summed E-state index contributed by atoms with van der Waals surface area (Å²) < 4.78 is 0. The molecule has 0 aliphatic heterocycles. The highest BCUT2D eigenvalue weighted by molar-refractivity contribution is 5.83. The zero-order valence-corrected chi connectivity index (χ0v) is 31.8. The highest BCUT2D eigenvalue weighted by Crippen LogP contribution is 2.40. The molecule has 0 aromatic heterocycles. The molecule has 0 atom stereocenters. The summed E-state index contributed by atoms with van der Waals surface area (Å²) in [6.07, 6.45) is 8.64. The van der Waals surface area contributed by atoms with Gasteiger partial charge in [0.1, 0.15) is 0 Å². The van der Waals surface area contributed by atoms with Gasteiger partial charge in [-0.2, -0.15) is 0 Å². The highest BCUT2D eigenvalue weighted by Gasteiger charge is 2.16. The average molecular weight is 721 g/mol. The maximum atomic E-state index is 2.34. The molecule has 0 N–H and O–H groups in total. The van der Waals surface area contributed by atoms with E-state index >= 15 is 0 Å². The van der Waals surface area contributed by atoms with Crippen molar-refractivity contribution in [3.63, 3.8) is 0 Å². The molecular weight excluding hydrogens is 677 g/mol. The lowest BCUT2D eigenvalue weighted by molar-refractivity contribution is 1.25. The minimum atomic E-state index is 1.11. The van der Waals surface area contributed by atoms with Crippen molar-refractivity contribution in [3.05, 3.63) is 240 Å². The second-order valence-electron chi connectivity index (χ2n) is 14.0. The van der Waals surface area contributed by atoms with Crippen LogP contribution in [0.2, 0.25) is 0 Å². The van der Waals surface area contributed by atoms with Crippen molar-refractivity contribution in [1.82, 2.24) is 0 Å². The van der Waals surface area contributed by atoms with Crippen molar-refractivity contribution in [2.24, 2.45) is 0 Å². The first kappa shape index (κ1) is 35.8. The third-order valence-electron chi connectivity index (χ3n) is 10.1. The zero-order valence-electron chi connectivity index (χ0n) is 31.8. The second kappa shape index (κ2) is 16.9. The number of benzene rings is 8. The van der Waals surface area contributed by atoms with Crippen LogP contribution < -0.4 is 9.80 Å². The van der Waals surface area contributed by atoms with Gasteiger partial charge in [0, 0.05) is 34.1 Å². The fourth-order valence-electron chi connectivity index (χ4n) is 7.07. The monoisotopic (exact) mass is 720 g/mol. The first-order valence-corrected chi connectivity index (χ1v) is 19.2. The van der Waals surface area contributed by atoms with E-state index in [4.69, 9.17) is 0 Å². The van der Waals surface area contributed by atoms with Crippen LogP contribution in [0.1, 0.15) is 33.4 Å². The van der Waals surface area contributed by atoms with Gasteiger partial charge >= 0.3 is 0 Å². The van der Waals surface area contributed by atoms with E-state index in [1.165, 1.54) is 33.4 Å². The van der Waals surface area contributed by atoms with Crippen LogP contribution in [0.5, 0.6) is 0 Å². The number of anilines is 6. The van der Waals surface area contributed by atoms with Gasteiger partial charge in [0.15, 0.2) is 0 Å². The normalized spacial score (nSPS) is 11.2. The summed E-state index contributed by atoms with van der Waals surface area (Å²) in [5.41, 5.74) is 16.3. The number of para-hydroxylation sites is 2. The van der Waals surface area contributed by atoms with Crippen LogP contribution >= 0.6 is 0 Å². The summed E-state index contributed by atoms with van der Waals surface area (Å²) in [5, 5.41) is 0. The first-order chi connectivity index (χ1) is 27.6. The van der Waals surface area contributed by atoms with E-state index in [0.717, 1.165) is 45.3 Å². The SMILES string of the molecule is Cc1ccccc1N(c1ccc(/C=C/c2ccccc2)cc1)c1ccc(-c2ccc(N(c3ccc(/C=C/c4ccccc4)cc3)c3ccccc3C)cc2)cc1. The van der Waals surface area contributed by atoms with Gasteiger partial charge in [-0.25, -0.2) is 0 Å². The van der Waals surface area contributed by atoms with Gasteiger partial charge in [-0.15, -0.1) is 0 Å². The molecular formula is C54H44N2. The maximum absolute atomic E-state index is 2.34. The molecule has 2 nitrogen and oxygen atoms in total. The predicted octanol–water partition coefficient (Wildman–Crippen LogP) is 15.3. The molecule has 0 saturated heterocycles. The summed E-state index contributed by atoms with van der Waals surface area (Å²) >= 11 is 0. The van der Waals surface area contributed by atoms with E-state index < -0.39 is 0 Å². The second-order valence-corrected chi connectivity index (χ2v) is 14.0. The van der Waals surface area contributed by atoms with Gasteiger partial charge in [0.05, 0.1) is 0 Å². The molecule has 8 rings (SSSR count). The van der Waals surface area contributed by atoms with Crippen LogP contribution in [-0.2, 0) is 0 Å². The summed E-state index contributed by atoms with van der Waals surface area (Å²) in [6.45, 7) is 4.35. The zero-order chi connectivity index (χ0) is 38.1. The smallest absolute Gasteiger partial charge is 0.0490 e. The Balaban J connectivity index is 1.06. The molecule has 0 radical (unpaired) electrons. The van der Waals surface area contributed by atoms with Crippen molar-refractivity contribution in [1.29, 1.82) is 0 Å². The standard InChI is InChI=1S/C54H44N2/c1-41-13-9-11-19-53(41)55(49-33-25-45(26-34-49)23-21-43-15-5-3-6-16-43)51-37-29-47(30-38-51)48-31-39-52(40-32-48)56(54-20-12-10-14-42(54)2)50-35-27-46(28-36-50)24-22-44-17-7-4-8-18-44/h3-40H,1-2H3/b23-21+,24-22+. The van der Waals surface area contributed by atoms with E-state index in [9.17, 15) is 0 Å². The van der Waals surface area contributed by atoms with Gasteiger partial charge < -0.3 is 9.80 Å². The van der Waals surface area contributed by atoms with E-state index in [2.05, 4.69) is 242 Å². The molecule has 0 saturated carbocycles. The van der Waals surface area contributed by atoms with Gasteiger partial charge in [-0.3, -0.25) is 0 Å². The Morgan fingerprint density at radius 1 is 0.268 bits per heavy atom. The molecule has 0 amide bonds. The van der Waals surface area contributed by atoms with Crippen LogP contribution in [0.25, 0.3) is 35.4 Å². The van der Waals surface area contributed by atoms with Crippen molar-refractivity contribution < 1.29 is 0 Å². The maximum Gasteiger partial charge on any atom is 0.0490 e. The van der Waals surface area contributed by atoms with Crippen molar-refractivity contribution >= 4 is 58.4 Å². The third kappa shape index (κ3) is 8.31. The third-order valence-corrected chi connectivity index (χ3v) is 10.1. The lowest BCUT2D eigenvalue weighted by Gasteiger charge is -2.28. The van der Waals surface area contributed by atoms with E-state index in [-0.39, 0.29) is 0 Å². The number of hydrogen-bond acceptors (Lipinski definition) is 2. The molecule has 270 valence electrons. The molecule has 0 bridgehead atoms. The number of hydrogen-bond donors (Lipinski definition) is 0. The van der Waals surface area contributed by atoms with Crippen LogP contribution in [0.4, 0.5) is 34.1 Å².